The molecule has 0 aliphatic carbocycles. The Balaban J connectivity index is 2.56. The number of nitrogens with zero attached hydrogens (tertiary/aromatic N) is 1. The summed E-state index contributed by atoms with van der Waals surface area (Å²) < 4.78 is 2.34. The average molecular weight is 265 g/mol. The monoisotopic (exact) mass is 264 g/mol. The van der Waals surface area contributed by atoms with E-state index in [1.807, 2.05) is 6.07 Å². The molecule has 98 valence electrons. The van der Waals surface area contributed by atoms with Crippen LogP contribution in [0.1, 0.15) is 30.9 Å². The highest BCUT2D eigenvalue weighted by atomic mass is 35.5. The average Bonchev–Trinajstić information content (AvgIpc) is 2.70. The molecule has 1 aromatic heterocycles. The van der Waals surface area contributed by atoms with Gasteiger partial charge >= 0.3 is 0 Å². The van der Waals surface area contributed by atoms with Crippen molar-refractivity contribution in [1.82, 2.24) is 4.57 Å². The number of aromatic nitrogens is 1. The van der Waals surface area contributed by atoms with E-state index in [1.54, 1.807) is 0 Å². The molecular formula is C15H21ClN2. The van der Waals surface area contributed by atoms with Crippen LogP contribution < -0.4 is 5.73 Å². The van der Waals surface area contributed by atoms with Gasteiger partial charge in [0.1, 0.15) is 0 Å². The summed E-state index contributed by atoms with van der Waals surface area (Å²) in [5, 5.41) is 2.18. The van der Waals surface area contributed by atoms with Crippen molar-refractivity contribution in [2.45, 2.75) is 39.7 Å². The lowest BCUT2D eigenvalue weighted by atomic mass is 10.1. The Morgan fingerprint density at radius 3 is 2.78 bits per heavy atom. The Morgan fingerprint density at radius 2 is 2.11 bits per heavy atom. The van der Waals surface area contributed by atoms with E-state index >= 15 is 0 Å². The first-order valence-electron chi connectivity index (χ1n) is 6.66. The molecule has 0 amide bonds. The van der Waals surface area contributed by atoms with Crippen LogP contribution in [-0.4, -0.2) is 11.1 Å². The first-order valence-corrected chi connectivity index (χ1v) is 7.03. The fourth-order valence-corrected chi connectivity index (χ4v) is 2.69. The number of rotatable bonds is 5. The lowest BCUT2D eigenvalue weighted by molar-refractivity contribution is 0.698. The summed E-state index contributed by atoms with van der Waals surface area (Å²) >= 11 is 6.24. The quantitative estimate of drug-likeness (QED) is 0.872. The molecule has 2 N–H and O–H groups in total. The molecule has 2 nitrogen and oxygen atoms in total. The molecule has 0 saturated carbocycles. The van der Waals surface area contributed by atoms with Crippen LogP contribution in [0, 0.1) is 6.92 Å². The predicted octanol–water partition coefficient (Wildman–Crippen LogP) is 3.90. The number of hydrogen-bond donors (Lipinski definition) is 1. The van der Waals surface area contributed by atoms with Crippen molar-refractivity contribution in [3.05, 3.63) is 34.5 Å². The second-order valence-corrected chi connectivity index (χ2v) is 5.22. The highest BCUT2D eigenvalue weighted by Crippen LogP contribution is 2.30. The maximum absolute atomic E-state index is 6.24. The van der Waals surface area contributed by atoms with Crippen molar-refractivity contribution in [3.63, 3.8) is 0 Å². The van der Waals surface area contributed by atoms with Crippen molar-refractivity contribution in [2.75, 3.05) is 6.54 Å². The number of aryl methyl sites for hydroxylation is 3. The lowest BCUT2D eigenvalue weighted by Crippen LogP contribution is -2.00. The molecule has 0 saturated heterocycles. The SMILES string of the molecule is CCCn1cc(CCCN)c2ccc(Cl)c(C)c21. The number of fused-ring (bicyclic) bond motifs is 1. The molecule has 1 heterocycles. The van der Waals surface area contributed by atoms with Crippen LogP contribution in [0.25, 0.3) is 10.9 Å². The molecule has 2 rings (SSSR count). The summed E-state index contributed by atoms with van der Waals surface area (Å²) in [4.78, 5) is 0. The zero-order valence-corrected chi connectivity index (χ0v) is 11.9. The van der Waals surface area contributed by atoms with Crippen molar-refractivity contribution in [2.24, 2.45) is 5.73 Å². The number of halogens is 1. The van der Waals surface area contributed by atoms with E-state index in [0.29, 0.717) is 0 Å². The topological polar surface area (TPSA) is 30.9 Å². The van der Waals surface area contributed by atoms with Crippen LogP contribution in [0.4, 0.5) is 0 Å². The number of benzene rings is 1. The molecule has 0 fully saturated rings. The molecule has 0 unspecified atom stereocenters. The molecule has 0 aliphatic heterocycles. The predicted molar refractivity (Wildman–Crippen MR) is 79.4 cm³/mol. The van der Waals surface area contributed by atoms with Gasteiger partial charge in [0.15, 0.2) is 0 Å². The zero-order valence-electron chi connectivity index (χ0n) is 11.2. The Bertz CT molecular complexity index is 543. The van der Waals surface area contributed by atoms with Crippen molar-refractivity contribution >= 4 is 22.5 Å². The van der Waals surface area contributed by atoms with Crippen LogP contribution in [0.2, 0.25) is 5.02 Å². The van der Waals surface area contributed by atoms with Gasteiger partial charge in [-0.1, -0.05) is 24.6 Å². The second-order valence-electron chi connectivity index (χ2n) is 4.81. The van der Waals surface area contributed by atoms with E-state index in [2.05, 4.69) is 30.7 Å². The number of hydrogen-bond acceptors (Lipinski definition) is 1. The summed E-state index contributed by atoms with van der Waals surface area (Å²) in [6, 6.07) is 4.14. The van der Waals surface area contributed by atoms with Crippen molar-refractivity contribution < 1.29 is 0 Å². The summed E-state index contributed by atoms with van der Waals surface area (Å²) in [7, 11) is 0. The van der Waals surface area contributed by atoms with Crippen LogP contribution >= 0.6 is 11.6 Å². The Hall–Kier alpha value is -0.990. The van der Waals surface area contributed by atoms with Gasteiger partial charge in [-0.2, -0.15) is 0 Å². The fourth-order valence-electron chi connectivity index (χ4n) is 2.54. The van der Waals surface area contributed by atoms with E-state index in [-0.39, 0.29) is 0 Å². The molecule has 3 heteroatoms. The highest BCUT2D eigenvalue weighted by Gasteiger charge is 2.11. The summed E-state index contributed by atoms with van der Waals surface area (Å²) in [5.41, 5.74) is 9.47. The van der Waals surface area contributed by atoms with E-state index in [9.17, 15) is 0 Å². The second kappa shape index (κ2) is 5.77. The lowest BCUT2D eigenvalue weighted by Gasteiger charge is -2.06. The maximum atomic E-state index is 6.24. The first kappa shape index (κ1) is 13.4. The van der Waals surface area contributed by atoms with Gasteiger partial charge in [0, 0.05) is 23.2 Å². The van der Waals surface area contributed by atoms with Gasteiger partial charge in [-0.25, -0.2) is 0 Å². The minimum atomic E-state index is 0.743. The third kappa shape index (κ3) is 2.40. The van der Waals surface area contributed by atoms with Gasteiger partial charge in [-0.05, 0) is 49.9 Å². The Labute approximate surface area is 114 Å². The third-order valence-electron chi connectivity index (χ3n) is 3.42. The van der Waals surface area contributed by atoms with Gasteiger partial charge in [0.05, 0.1) is 5.52 Å². The molecule has 1 aromatic carbocycles. The Morgan fingerprint density at radius 1 is 1.33 bits per heavy atom. The summed E-state index contributed by atoms with van der Waals surface area (Å²) in [6.07, 6.45) is 5.48. The van der Waals surface area contributed by atoms with Crippen LogP contribution in [0.3, 0.4) is 0 Å². The first-order chi connectivity index (χ1) is 8.69. The van der Waals surface area contributed by atoms with E-state index in [1.165, 1.54) is 22.0 Å². The minimum Gasteiger partial charge on any atom is -0.347 e. The minimum absolute atomic E-state index is 0.743. The maximum Gasteiger partial charge on any atom is 0.0527 e. The van der Waals surface area contributed by atoms with Gasteiger partial charge in [0.25, 0.3) is 0 Å². The largest absolute Gasteiger partial charge is 0.347 e. The molecule has 0 spiro atoms. The van der Waals surface area contributed by atoms with Crippen LogP contribution in [0.5, 0.6) is 0 Å². The summed E-state index contributed by atoms with van der Waals surface area (Å²) in [5.74, 6) is 0. The molecule has 0 aliphatic rings. The van der Waals surface area contributed by atoms with Gasteiger partial charge in [-0.15, -0.1) is 0 Å². The third-order valence-corrected chi connectivity index (χ3v) is 3.83. The summed E-state index contributed by atoms with van der Waals surface area (Å²) in [6.45, 7) is 6.09. The number of nitrogens with two attached hydrogens (primary N) is 1. The molecule has 0 atom stereocenters. The van der Waals surface area contributed by atoms with Crippen LogP contribution in [0.15, 0.2) is 18.3 Å². The standard InChI is InChI=1S/C15H21ClN2/c1-3-9-18-10-12(5-4-8-17)13-6-7-14(16)11(2)15(13)18/h6-7,10H,3-5,8-9,17H2,1-2H3. The molecule has 2 aromatic rings. The molecule has 0 bridgehead atoms. The molecule has 0 radical (unpaired) electrons. The van der Waals surface area contributed by atoms with Crippen molar-refractivity contribution in [3.8, 4) is 0 Å². The smallest absolute Gasteiger partial charge is 0.0527 e. The highest BCUT2D eigenvalue weighted by molar-refractivity contribution is 6.32. The van der Waals surface area contributed by atoms with Gasteiger partial charge in [-0.3, -0.25) is 0 Å². The molecule has 18 heavy (non-hydrogen) atoms. The van der Waals surface area contributed by atoms with Crippen LogP contribution in [-0.2, 0) is 13.0 Å². The molecular weight excluding hydrogens is 244 g/mol. The fraction of sp³-hybridized carbons (Fsp3) is 0.467. The van der Waals surface area contributed by atoms with E-state index in [4.69, 9.17) is 17.3 Å². The van der Waals surface area contributed by atoms with E-state index in [0.717, 1.165) is 37.4 Å². The van der Waals surface area contributed by atoms with Crippen molar-refractivity contribution in [1.29, 1.82) is 0 Å². The van der Waals surface area contributed by atoms with E-state index < -0.39 is 0 Å². The van der Waals surface area contributed by atoms with Gasteiger partial charge in [0.2, 0.25) is 0 Å². The normalized spacial score (nSPS) is 11.3. The zero-order chi connectivity index (χ0) is 13.1. The Kier molecular flexibility index (Phi) is 4.31. The van der Waals surface area contributed by atoms with Gasteiger partial charge < -0.3 is 10.3 Å².